The summed E-state index contributed by atoms with van der Waals surface area (Å²) in [4.78, 5) is 0. The molecule has 2 aliphatic rings. The Morgan fingerprint density at radius 1 is 0.481 bits per heavy atom. The van der Waals surface area contributed by atoms with E-state index in [1.54, 1.807) is 0 Å². The lowest BCUT2D eigenvalue weighted by Gasteiger charge is -2.29. The van der Waals surface area contributed by atoms with Gasteiger partial charge in [-0.05, 0) is 25.7 Å². The van der Waals surface area contributed by atoms with Crippen molar-refractivity contribution in [3.05, 3.63) is 71.8 Å². The van der Waals surface area contributed by atoms with E-state index in [0.29, 0.717) is 39.6 Å². The molecule has 0 spiro atoms. The SMILES string of the molecule is CO.OCC(CO)OCCCCCCOC(CO)CO.c1ccc(C2OCC(OCCCCCCOC3COC(c4ccccc4)OC3)CO2)cc1. The van der Waals surface area contributed by atoms with Crippen molar-refractivity contribution in [1.29, 1.82) is 0 Å². The van der Waals surface area contributed by atoms with Crippen molar-refractivity contribution in [3.63, 3.8) is 0 Å². The predicted octanol–water partition coefficient (Wildman–Crippen LogP) is 3.70. The third kappa shape index (κ3) is 20.4. The summed E-state index contributed by atoms with van der Waals surface area (Å²) in [6.07, 6.45) is 6.57. The highest BCUT2D eigenvalue weighted by Crippen LogP contribution is 2.25. The van der Waals surface area contributed by atoms with Crippen LogP contribution in [-0.4, -0.2) is 136 Å². The first-order chi connectivity index (χ1) is 25.7. The van der Waals surface area contributed by atoms with Crippen LogP contribution in [0.5, 0.6) is 0 Å². The quantitative estimate of drug-likeness (QED) is 0.0987. The summed E-state index contributed by atoms with van der Waals surface area (Å²) in [5.41, 5.74) is 2.10. The highest BCUT2D eigenvalue weighted by atomic mass is 16.7. The Morgan fingerprint density at radius 3 is 1.10 bits per heavy atom. The second-order valence-electron chi connectivity index (χ2n) is 12.3. The topological polar surface area (TPSA) is 175 Å². The van der Waals surface area contributed by atoms with Gasteiger partial charge < -0.3 is 63.4 Å². The molecular formula is C39H64O13. The van der Waals surface area contributed by atoms with Crippen molar-refractivity contribution in [3.8, 4) is 0 Å². The van der Waals surface area contributed by atoms with E-state index in [2.05, 4.69) is 0 Å². The summed E-state index contributed by atoms with van der Waals surface area (Å²) >= 11 is 0. The van der Waals surface area contributed by atoms with E-state index in [9.17, 15) is 0 Å². The minimum atomic E-state index is -0.469. The molecule has 4 rings (SSSR count). The highest BCUT2D eigenvalue weighted by Gasteiger charge is 2.25. The van der Waals surface area contributed by atoms with Gasteiger partial charge in [0.25, 0.3) is 0 Å². The molecule has 2 aromatic carbocycles. The molecule has 2 fully saturated rings. The standard InChI is InChI=1S/C26H34O6.C12H26O6.CH4O/c1(9-15-27-23-17-29-25(30-18-23)21-11-5-3-6-12-21)2-10-16-28-24-19-31-26(32-20-24)22-13-7-4-8-14-22;13-7-11(8-14)17-5-3-1-2-4-6-18-12(9-15)10-16;1-2/h3-8,11-14,23-26H,1-2,9-10,15-20H2;11-16H,1-10H2;2H,1H3. The Balaban J connectivity index is 0.000000401. The van der Waals surface area contributed by atoms with E-state index < -0.39 is 12.2 Å². The fourth-order valence-electron chi connectivity index (χ4n) is 5.21. The lowest BCUT2D eigenvalue weighted by atomic mass is 10.2. The maximum absolute atomic E-state index is 8.76. The van der Waals surface area contributed by atoms with E-state index in [1.165, 1.54) is 0 Å². The number of hydrogen-bond donors (Lipinski definition) is 5. The third-order valence-corrected chi connectivity index (χ3v) is 8.18. The van der Waals surface area contributed by atoms with Gasteiger partial charge in [0.1, 0.15) is 24.4 Å². The molecule has 298 valence electrons. The molecule has 2 saturated heterocycles. The molecule has 13 heteroatoms. The van der Waals surface area contributed by atoms with Crippen molar-refractivity contribution >= 4 is 0 Å². The van der Waals surface area contributed by atoms with Crippen LogP contribution >= 0.6 is 0 Å². The number of rotatable bonds is 24. The normalized spacial score (nSPS) is 20.2. The van der Waals surface area contributed by atoms with Gasteiger partial charge in [-0.1, -0.05) is 86.3 Å². The smallest absolute Gasteiger partial charge is 0.184 e. The van der Waals surface area contributed by atoms with Crippen molar-refractivity contribution in [2.45, 2.75) is 88.4 Å². The van der Waals surface area contributed by atoms with E-state index in [1.807, 2.05) is 60.7 Å². The number of aliphatic hydroxyl groups is 5. The lowest BCUT2D eigenvalue weighted by molar-refractivity contribution is -0.231. The largest absolute Gasteiger partial charge is 0.400 e. The van der Waals surface area contributed by atoms with Crippen molar-refractivity contribution < 1.29 is 63.4 Å². The lowest BCUT2D eigenvalue weighted by Crippen LogP contribution is -2.34. The Labute approximate surface area is 309 Å². The molecule has 0 saturated carbocycles. The summed E-state index contributed by atoms with van der Waals surface area (Å²) in [6, 6.07) is 20.0. The molecule has 0 amide bonds. The summed E-state index contributed by atoms with van der Waals surface area (Å²) in [5, 5.41) is 42.0. The molecule has 2 aromatic rings. The summed E-state index contributed by atoms with van der Waals surface area (Å²) < 4.78 is 45.4. The number of aliphatic hydroxyl groups excluding tert-OH is 5. The average Bonchev–Trinajstić information content (AvgIpc) is 3.22. The number of hydrogen-bond acceptors (Lipinski definition) is 13. The molecule has 2 aliphatic heterocycles. The van der Waals surface area contributed by atoms with Crippen LogP contribution in [0.15, 0.2) is 60.7 Å². The van der Waals surface area contributed by atoms with Crippen molar-refractivity contribution in [1.82, 2.24) is 0 Å². The number of ether oxygens (including phenoxy) is 8. The first-order valence-corrected chi connectivity index (χ1v) is 18.6. The monoisotopic (exact) mass is 740 g/mol. The van der Waals surface area contributed by atoms with Crippen molar-refractivity contribution in [2.75, 3.05) is 86.4 Å². The van der Waals surface area contributed by atoms with E-state index >= 15 is 0 Å². The molecule has 0 unspecified atom stereocenters. The van der Waals surface area contributed by atoms with Gasteiger partial charge in [-0.15, -0.1) is 0 Å². The molecule has 0 radical (unpaired) electrons. The first kappa shape index (κ1) is 46.1. The van der Waals surface area contributed by atoms with E-state index in [0.717, 1.165) is 82.8 Å². The van der Waals surface area contributed by atoms with Crippen LogP contribution in [-0.2, 0) is 37.9 Å². The van der Waals surface area contributed by atoms with Crippen LogP contribution in [0.2, 0.25) is 0 Å². The zero-order valence-electron chi connectivity index (χ0n) is 30.9. The Hall–Kier alpha value is -2.08. The van der Waals surface area contributed by atoms with Gasteiger partial charge in [0.15, 0.2) is 12.6 Å². The molecule has 0 aromatic heterocycles. The van der Waals surface area contributed by atoms with Crippen LogP contribution in [0, 0.1) is 0 Å². The molecule has 0 aliphatic carbocycles. The second-order valence-corrected chi connectivity index (χ2v) is 12.3. The molecule has 5 N–H and O–H groups in total. The van der Waals surface area contributed by atoms with Crippen LogP contribution in [0.1, 0.15) is 75.1 Å². The summed E-state index contributed by atoms with van der Waals surface area (Å²) in [7, 11) is 1.00. The maximum Gasteiger partial charge on any atom is 0.184 e. The van der Waals surface area contributed by atoms with E-state index in [-0.39, 0.29) is 51.2 Å². The zero-order valence-corrected chi connectivity index (χ0v) is 30.9. The first-order valence-electron chi connectivity index (χ1n) is 18.6. The minimum absolute atomic E-state index is 0.0179. The van der Waals surface area contributed by atoms with Crippen LogP contribution < -0.4 is 0 Å². The van der Waals surface area contributed by atoms with Gasteiger partial charge in [0.05, 0.1) is 52.9 Å². The van der Waals surface area contributed by atoms with Gasteiger partial charge in [0.2, 0.25) is 0 Å². The van der Waals surface area contributed by atoms with Gasteiger partial charge in [-0.3, -0.25) is 0 Å². The number of benzene rings is 2. The third-order valence-electron chi connectivity index (χ3n) is 8.18. The predicted molar refractivity (Wildman–Crippen MR) is 195 cm³/mol. The molecular weight excluding hydrogens is 676 g/mol. The van der Waals surface area contributed by atoms with E-state index in [4.69, 9.17) is 63.4 Å². The minimum Gasteiger partial charge on any atom is -0.400 e. The maximum atomic E-state index is 8.76. The average molecular weight is 741 g/mol. The second kappa shape index (κ2) is 31.3. The molecule has 0 bridgehead atoms. The molecule has 52 heavy (non-hydrogen) atoms. The van der Waals surface area contributed by atoms with Gasteiger partial charge in [0, 0.05) is 44.7 Å². The van der Waals surface area contributed by atoms with Crippen LogP contribution in [0.4, 0.5) is 0 Å². The molecule has 13 nitrogen and oxygen atoms in total. The Morgan fingerprint density at radius 2 is 0.788 bits per heavy atom. The Bertz CT molecular complexity index is 944. The number of unbranched alkanes of at least 4 members (excludes halogenated alkanes) is 6. The molecule has 2 heterocycles. The van der Waals surface area contributed by atoms with Crippen LogP contribution in [0.3, 0.4) is 0 Å². The van der Waals surface area contributed by atoms with Gasteiger partial charge in [-0.2, -0.15) is 0 Å². The summed E-state index contributed by atoms with van der Waals surface area (Å²) in [6.45, 7) is 4.19. The molecule has 0 atom stereocenters. The summed E-state index contributed by atoms with van der Waals surface area (Å²) in [5.74, 6) is 0. The van der Waals surface area contributed by atoms with Gasteiger partial charge in [-0.25, -0.2) is 0 Å². The fourth-order valence-corrected chi connectivity index (χ4v) is 5.21. The fraction of sp³-hybridized carbons (Fsp3) is 0.692. The Kier molecular flexibility index (Phi) is 27.7. The highest BCUT2D eigenvalue weighted by molar-refractivity contribution is 5.17. The van der Waals surface area contributed by atoms with Gasteiger partial charge >= 0.3 is 0 Å². The zero-order chi connectivity index (χ0) is 37.5. The van der Waals surface area contributed by atoms with Crippen LogP contribution in [0.25, 0.3) is 0 Å². The van der Waals surface area contributed by atoms with Crippen molar-refractivity contribution in [2.24, 2.45) is 0 Å².